The lowest BCUT2D eigenvalue weighted by molar-refractivity contribution is -0.313. The average Bonchev–Trinajstić information content (AvgIpc) is 3.66. The molecule has 7 heteroatoms. The molecule has 0 aromatic carbocycles. The number of unbranched alkanes of at least 4 members (excludes halogenated alkanes) is 22. The monoisotopic (exact) mass is 927 g/mol. The van der Waals surface area contributed by atoms with Crippen molar-refractivity contribution in [2.24, 2.45) is 46.3 Å². The number of fused-ring (bicyclic) bond motifs is 5. The summed E-state index contributed by atoms with van der Waals surface area (Å²) in [6, 6.07) is 0. The zero-order valence-corrected chi connectivity index (χ0v) is 43.9. The molecule has 1 aliphatic heterocycles. The van der Waals surface area contributed by atoms with E-state index in [1.54, 1.807) is 0 Å². The summed E-state index contributed by atoms with van der Waals surface area (Å²) >= 11 is 0. The van der Waals surface area contributed by atoms with Crippen LogP contribution in [-0.2, 0) is 19.0 Å². The van der Waals surface area contributed by atoms with Crippen molar-refractivity contribution >= 4 is 5.97 Å². The van der Waals surface area contributed by atoms with E-state index in [9.17, 15) is 20.1 Å². The lowest BCUT2D eigenvalue weighted by atomic mass is 9.47. The van der Waals surface area contributed by atoms with Gasteiger partial charge in [0, 0.05) is 6.42 Å². The molecule has 5 rings (SSSR count). The minimum atomic E-state index is -1.44. The predicted molar refractivity (Wildman–Crippen MR) is 272 cm³/mol. The number of hydrogen-bond donors (Lipinski definition) is 3. The van der Waals surface area contributed by atoms with E-state index in [2.05, 4.69) is 47.6 Å². The van der Waals surface area contributed by atoms with Crippen molar-refractivity contribution in [1.82, 2.24) is 0 Å². The first-order valence-electron chi connectivity index (χ1n) is 29.1. The van der Waals surface area contributed by atoms with E-state index in [4.69, 9.17) is 14.2 Å². The first kappa shape index (κ1) is 55.9. The lowest BCUT2D eigenvalue weighted by Crippen LogP contribution is -2.60. The summed E-state index contributed by atoms with van der Waals surface area (Å²) in [5.74, 6) is 4.45. The summed E-state index contributed by atoms with van der Waals surface area (Å²) in [5, 5.41) is 32.6. The number of aliphatic hydroxyl groups is 3. The first-order chi connectivity index (χ1) is 31.9. The fourth-order valence-electron chi connectivity index (χ4n) is 14.4. The van der Waals surface area contributed by atoms with Gasteiger partial charge in [0.1, 0.15) is 31.0 Å². The van der Waals surface area contributed by atoms with Crippen molar-refractivity contribution in [3.05, 3.63) is 11.6 Å². The molecular formula is C59H106O7. The molecule has 0 spiro atoms. The Hall–Kier alpha value is -0.990. The second kappa shape index (κ2) is 29.4. The van der Waals surface area contributed by atoms with Gasteiger partial charge in [0.25, 0.3) is 0 Å². The van der Waals surface area contributed by atoms with E-state index in [0.29, 0.717) is 17.8 Å². The molecule has 4 aliphatic carbocycles. The van der Waals surface area contributed by atoms with Crippen molar-refractivity contribution in [3.8, 4) is 0 Å². The van der Waals surface area contributed by atoms with Crippen LogP contribution in [-0.4, -0.2) is 64.7 Å². The number of allylic oxidation sites excluding steroid dienone is 1. The smallest absolute Gasteiger partial charge is 0.305 e. The number of carbonyl (C=O) groups is 1. The largest absolute Gasteiger partial charge is 0.463 e. The SMILES string of the molecule is CCCCCCCCCCCCCCCCCCCCCCCCCC(=O)OCC1OC(OC2CCC3(C)C(=CCC4C3CCC3(C)C(C(C)CCCC(C)C)CCC43)C2)C(O)C(O)C1O. The Bertz CT molecular complexity index is 1370. The van der Waals surface area contributed by atoms with Gasteiger partial charge in [0.15, 0.2) is 6.29 Å². The molecule has 1 heterocycles. The molecule has 384 valence electrons. The molecule has 13 atom stereocenters. The van der Waals surface area contributed by atoms with Gasteiger partial charge in [0.2, 0.25) is 0 Å². The Kier molecular flexibility index (Phi) is 24.9. The van der Waals surface area contributed by atoms with Crippen LogP contribution in [0.15, 0.2) is 11.6 Å². The maximum atomic E-state index is 12.7. The standard InChI is InChI=1S/C59H106O7/c1-7-8-9-10-11-12-13-14-15-16-17-18-19-20-21-22-23-24-25-26-27-28-29-33-53(60)64-43-52-54(61)55(62)56(63)57(66-52)65-47-38-40-58(5)46(42-47)34-35-48-50-37-36-49(45(4)32-30-31-44(2)3)59(50,6)41-39-51(48)58/h34,44-45,47-52,54-57,61-63H,7-33,35-43H2,1-6H3. The maximum absolute atomic E-state index is 12.7. The van der Waals surface area contributed by atoms with Crippen LogP contribution in [0.4, 0.5) is 0 Å². The molecule has 3 saturated carbocycles. The van der Waals surface area contributed by atoms with E-state index in [0.717, 1.165) is 74.5 Å². The van der Waals surface area contributed by atoms with Gasteiger partial charge in [-0.25, -0.2) is 0 Å². The van der Waals surface area contributed by atoms with Gasteiger partial charge < -0.3 is 29.5 Å². The Balaban J connectivity index is 0.901. The van der Waals surface area contributed by atoms with Crippen molar-refractivity contribution < 1.29 is 34.3 Å². The van der Waals surface area contributed by atoms with Crippen molar-refractivity contribution in [3.63, 3.8) is 0 Å². The number of aliphatic hydroxyl groups excluding tert-OH is 3. The minimum Gasteiger partial charge on any atom is -0.463 e. The van der Waals surface area contributed by atoms with Gasteiger partial charge in [-0.05, 0) is 104 Å². The Morgan fingerprint density at radius 3 is 1.79 bits per heavy atom. The van der Waals surface area contributed by atoms with Crippen LogP contribution in [0.1, 0.15) is 266 Å². The fourth-order valence-corrected chi connectivity index (χ4v) is 14.4. The third-order valence-electron chi connectivity index (χ3n) is 18.6. The summed E-state index contributed by atoms with van der Waals surface area (Å²) in [5.41, 5.74) is 2.14. The second-order valence-electron chi connectivity index (χ2n) is 24.0. The third kappa shape index (κ3) is 16.5. The zero-order chi connectivity index (χ0) is 47.4. The van der Waals surface area contributed by atoms with Gasteiger partial charge in [-0.2, -0.15) is 0 Å². The lowest BCUT2D eigenvalue weighted by Gasteiger charge is -2.58. The van der Waals surface area contributed by atoms with Crippen LogP contribution in [0, 0.1) is 46.3 Å². The van der Waals surface area contributed by atoms with Crippen LogP contribution >= 0.6 is 0 Å². The van der Waals surface area contributed by atoms with E-state index in [1.807, 2.05) is 0 Å². The quantitative estimate of drug-likeness (QED) is 0.0342. The third-order valence-corrected chi connectivity index (χ3v) is 18.6. The highest BCUT2D eigenvalue weighted by Gasteiger charge is 2.59. The summed E-state index contributed by atoms with van der Waals surface area (Å²) in [7, 11) is 0. The van der Waals surface area contributed by atoms with Crippen LogP contribution in [0.5, 0.6) is 0 Å². The van der Waals surface area contributed by atoms with E-state index in [-0.39, 0.29) is 24.1 Å². The normalized spacial score (nSPS) is 33.6. The average molecular weight is 927 g/mol. The molecule has 66 heavy (non-hydrogen) atoms. The van der Waals surface area contributed by atoms with E-state index in [1.165, 1.54) is 179 Å². The molecule has 0 radical (unpaired) electrons. The predicted octanol–water partition coefficient (Wildman–Crippen LogP) is 15.1. The number of carbonyl (C=O) groups excluding carboxylic acids is 1. The molecule has 3 N–H and O–H groups in total. The molecule has 5 aliphatic rings. The molecule has 4 fully saturated rings. The fraction of sp³-hybridized carbons (Fsp3) is 0.949. The molecule has 7 nitrogen and oxygen atoms in total. The minimum absolute atomic E-state index is 0.138. The van der Waals surface area contributed by atoms with Crippen LogP contribution < -0.4 is 0 Å². The molecular weight excluding hydrogens is 821 g/mol. The highest BCUT2D eigenvalue weighted by atomic mass is 16.7. The van der Waals surface area contributed by atoms with Crippen LogP contribution in [0.25, 0.3) is 0 Å². The molecule has 0 amide bonds. The van der Waals surface area contributed by atoms with Gasteiger partial charge in [-0.3, -0.25) is 4.79 Å². The van der Waals surface area contributed by atoms with Gasteiger partial charge in [-0.1, -0.05) is 214 Å². The number of esters is 1. The highest BCUT2D eigenvalue weighted by Crippen LogP contribution is 2.67. The molecule has 0 aromatic rings. The number of rotatable bonds is 33. The summed E-state index contributed by atoms with van der Waals surface area (Å²) in [4.78, 5) is 12.7. The Labute approximate surface area is 406 Å². The molecule has 0 bridgehead atoms. The second-order valence-corrected chi connectivity index (χ2v) is 24.0. The summed E-state index contributed by atoms with van der Waals surface area (Å²) < 4.78 is 18.1. The number of hydrogen-bond acceptors (Lipinski definition) is 7. The molecule has 13 unspecified atom stereocenters. The first-order valence-corrected chi connectivity index (χ1v) is 29.1. The topological polar surface area (TPSA) is 105 Å². The van der Waals surface area contributed by atoms with Crippen molar-refractivity contribution in [1.29, 1.82) is 0 Å². The Morgan fingerprint density at radius 1 is 0.667 bits per heavy atom. The van der Waals surface area contributed by atoms with Crippen molar-refractivity contribution in [2.75, 3.05) is 6.61 Å². The summed E-state index contributed by atoms with van der Waals surface area (Å²) in [6.07, 6.45) is 40.8. The Morgan fingerprint density at radius 2 is 1.23 bits per heavy atom. The van der Waals surface area contributed by atoms with E-state index < -0.39 is 30.7 Å². The van der Waals surface area contributed by atoms with E-state index >= 15 is 0 Å². The van der Waals surface area contributed by atoms with Crippen LogP contribution in [0.2, 0.25) is 0 Å². The van der Waals surface area contributed by atoms with Gasteiger partial charge in [0.05, 0.1) is 6.10 Å². The highest BCUT2D eigenvalue weighted by molar-refractivity contribution is 5.69. The maximum Gasteiger partial charge on any atom is 0.305 e. The zero-order valence-electron chi connectivity index (χ0n) is 43.9. The number of ether oxygens (including phenoxy) is 3. The van der Waals surface area contributed by atoms with Gasteiger partial charge in [-0.15, -0.1) is 0 Å². The summed E-state index contributed by atoms with van der Waals surface area (Å²) in [6.45, 7) is 14.6. The molecule has 0 aromatic heterocycles. The van der Waals surface area contributed by atoms with Crippen molar-refractivity contribution in [2.45, 2.75) is 303 Å². The molecule has 1 saturated heterocycles. The van der Waals surface area contributed by atoms with Gasteiger partial charge >= 0.3 is 5.97 Å². The van der Waals surface area contributed by atoms with Crippen LogP contribution in [0.3, 0.4) is 0 Å².